The van der Waals surface area contributed by atoms with Gasteiger partial charge in [0.1, 0.15) is 18.1 Å². The molecule has 1 aromatic rings. The second-order valence-electron chi connectivity index (χ2n) is 8.51. The zero-order valence-corrected chi connectivity index (χ0v) is 17.0. The van der Waals surface area contributed by atoms with Gasteiger partial charge in [0, 0.05) is 40.9 Å². The number of nitrogens with one attached hydrogen (secondary N) is 1. The first-order valence-electron chi connectivity index (χ1n) is 9.26. The average Bonchev–Trinajstić information content (AvgIpc) is 2.83. The maximum Gasteiger partial charge on any atom is 0.181 e. The Hall–Kier alpha value is -1.12. The maximum absolute atomic E-state index is 13.2. The van der Waals surface area contributed by atoms with Gasteiger partial charge < -0.3 is 24.8 Å². The lowest BCUT2D eigenvalue weighted by molar-refractivity contribution is 0.143. The molecule has 6 nitrogen and oxygen atoms in total. The molecule has 1 fully saturated rings. The van der Waals surface area contributed by atoms with E-state index in [1.54, 1.807) is 7.05 Å². The van der Waals surface area contributed by atoms with Crippen LogP contribution in [0, 0.1) is 5.21 Å². The average molecular weight is 365 g/mol. The zero-order chi connectivity index (χ0) is 18.1. The Morgan fingerprint density at radius 1 is 1.20 bits per heavy atom. The Bertz CT molecular complexity index is 597. The summed E-state index contributed by atoms with van der Waals surface area (Å²) in [6.07, 6.45) is 0. The molecular weight excluding hydrogens is 332 g/mol. The molecule has 0 bridgehead atoms. The van der Waals surface area contributed by atoms with Crippen LogP contribution < -0.4 is 19.8 Å². The van der Waals surface area contributed by atoms with Gasteiger partial charge >= 0.3 is 0 Å². The van der Waals surface area contributed by atoms with Crippen LogP contribution >= 0.6 is 0 Å². The number of rotatable bonds is 6. The summed E-state index contributed by atoms with van der Waals surface area (Å²) in [7, 11) is 0.669. The summed E-state index contributed by atoms with van der Waals surface area (Å²) >= 11 is 0. The molecule has 3 rings (SSSR count). The van der Waals surface area contributed by atoms with Gasteiger partial charge in [-0.15, -0.1) is 0 Å². The van der Waals surface area contributed by atoms with E-state index in [1.807, 2.05) is 0 Å². The van der Waals surface area contributed by atoms with E-state index in [1.165, 1.54) is 0 Å². The molecule has 1 atom stereocenters. The highest BCUT2D eigenvalue weighted by molar-refractivity contribution is 6.76. The third-order valence-electron chi connectivity index (χ3n) is 4.95. The molecule has 1 saturated heterocycles. The van der Waals surface area contributed by atoms with Crippen LogP contribution in [0.25, 0.3) is 0 Å². The summed E-state index contributed by atoms with van der Waals surface area (Å²) in [6.45, 7) is 12.6. The van der Waals surface area contributed by atoms with Gasteiger partial charge in [-0.25, -0.2) is 0 Å². The van der Waals surface area contributed by atoms with Crippen LogP contribution in [0.2, 0.25) is 25.7 Å². The number of hydrogen-bond acceptors (Lipinski definition) is 5. The Balaban J connectivity index is 1.74. The molecule has 1 aromatic carbocycles. The zero-order valence-electron chi connectivity index (χ0n) is 16.0. The van der Waals surface area contributed by atoms with Gasteiger partial charge in [-0.1, -0.05) is 25.7 Å². The van der Waals surface area contributed by atoms with Crippen molar-refractivity contribution in [1.82, 2.24) is 9.96 Å². The summed E-state index contributed by atoms with van der Waals surface area (Å²) in [4.78, 5) is 4.43. The quantitative estimate of drug-likeness (QED) is 0.364. The molecule has 0 aliphatic carbocycles. The van der Waals surface area contributed by atoms with Crippen LogP contribution in [-0.4, -0.2) is 61.3 Å². The summed E-state index contributed by atoms with van der Waals surface area (Å²) in [5, 5.41) is 16.6. The second-order valence-corrected chi connectivity index (χ2v) is 14.1. The third-order valence-corrected chi connectivity index (χ3v) is 6.65. The van der Waals surface area contributed by atoms with E-state index in [0.717, 1.165) is 55.9 Å². The molecule has 1 unspecified atom stereocenters. The first-order chi connectivity index (χ1) is 11.8. The molecule has 140 valence electrons. The molecule has 2 aliphatic heterocycles. The topological polar surface area (TPSA) is 50.8 Å². The van der Waals surface area contributed by atoms with E-state index < -0.39 is 8.07 Å². The van der Waals surface area contributed by atoms with Crippen molar-refractivity contribution in [2.45, 2.75) is 25.7 Å². The number of fused-ring (bicyclic) bond motifs is 1. The van der Waals surface area contributed by atoms with Crippen LogP contribution in [0.3, 0.4) is 0 Å². The fourth-order valence-corrected chi connectivity index (χ4v) is 4.31. The van der Waals surface area contributed by atoms with Gasteiger partial charge in [0.25, 0.3) is 0 Å². The highest BCUT2D eigenvalue weighted by Gasteiger charge is 2.37. The molecule has 0 aromatic heterocycles. The number of quaternary nitrogens is 1. The van der Waals surface area contributed by atoms with E-state index in [0.29, 0.717) is 13.4 Å². The normalized spacial score (nSPS) is 23.9. The van der Waals surface area contributed by atoms with Crippen LogP contribution in [0.15, 0.2) is 18.2 Å². The second kappa shape index (κ2) is 7.24. The van der Waals surface area contributed by atoms with Crippen molar-refractivity contribution in [2.75, 3.05) is 63.0 Å². The van der Waals surface area contributed by atoms with Gasteiger partial charge in [0.2, 0.25) is 0 Å². The van der Waals surface area contributed by atoms with Crippen molar-refractivity contribution in [2.24, 2.45) is 0 Å². The Kier molecular flexibility index (Phi) is 5.41. The molecule has 1 N–H and O–H groups in total. The fourth-order valence-electron chi connectivity index (χ4n) is 3.56. The number of benzene rings is 1. The number of hydrogen-bond donors (Lipinski definition) is 1. The number of anilines is 2. The maximum atomic E-state index is 13.2. The molecule has 2 heterocycles. The molecule has 2 aliphatic rings. The number of para-hydroxylation sites is 1. The SMILES string of the molecule is C[N+]1([O-])CN(COCC[Si](C)(C)C)c2cccc(N3CCNCC3)c21. The van der Waals surface area contributed by atoms with Crippen LogP contribution in [0.1, 0.15) is 0 Å². The Labute approximate surface area is 152 Å². The third kappa shape index (κ3) is 4.35. The first-order valence-corrected chi connectivity index (χ1v) is 13.0. The minimum atomic E-state index is -1.09. The predicted molar refractivity (Wildman–Crippen MR) is 109 cm³/mol. The van der Waals surface area contributed by atoms with E-state index in [2.05, 4.69) is 53.0 Å². The van der Waals surface area contributed by atoms with Crippen molar-refractivity contribution in [3.8, 4) is 0 Å². The standard InChI is InChI=1S/C18H32N4O2Si/c1-22(23)14-21(15-24-12-13-25(2,3)4)17-7-5-6-16(18(17)22)20-10-8-19-9-11-20/h5-7,19H,8-15H2,1-4H3. The van der Waals surface area contributed by atoms with Gasteiger partial charge in [0.15, 0.2) is 12.4 Å². The van der Waals surface area contributed by atoms with Gasteiger partial charge in [0.05, 0.1) is 7.05 Å². The van der Waals surface area contributed by atoms with Crippen molar-refractivity contribution in [3.63, 3.8) is 0 Å². The van der Waals surface area contributed by atoms with Gasteiger partial charge in [-0.3, -0.25) is 4.90 Å². The molecule has 25 heavy (non-hydrogen) atoms. The smallest absolute Gasteiger partial charge is 0.181 e. The minimum Gasteiger partial charge on any atom is -0.626 e. The van der Waals surface area contributed by atoms with E-state index in [9.17, 15) is 5.21 Å². The number of piperazine rings is 1. The molecule has 0 spiro atoms. The summed E-state index contributed by atoms with van der Waals surface area (Å²) in [6, 6.07) is 7.37. The Morgan fingerprint density at radius 3 is 2.56 bits per heavy atom. The number of nitrogens with zero attached hydrogens (tertiary/aromatic N) is 3. The van der Waals surface area contributed by atoms with Crippen LogP contribution in [0.5, 0.6) is 0 Å². The summed E-state index contributed by atoms with van der Waals surface area (Å²) in [5.74, 6) is 0. The minimum absolute atomic E-state index is 0.354. The lowest BCUT2D eigenvalue weighted by atomic mass is 10.2. The van der Waals surface area contributed by atoms with Gasteiger partial charge in [-0.05, 0) is 18.2 Å². The first kappa shape index (κ1) is 18.7. The fraction of sp³-hybridized carbons (Fsp3) is 0.667. The van der Waals surface area contributed by atoms with E-state index in [-0.39, 0.29) is 4.65 Å². The van der Waals surface area contributed by atoms with Gasteiger partial charge in [-0.2, -0.15) is 0 Å². The molecule has 0 amide bonds. The predicted octanol–water partition coefficient (Wildman–Crippen LogP) is 2.62. The largest absolute Gasteiger partial charge is 0.626 e. The van der Waals surface area contributed by atoms with Crippen molar-refractivity contribution in [3.05, 3.63) is 23.4 Å². The van der Waals surface area contributed by atoms with Crippen LogP contribution in [0.4, 0.5) is 17.1 Å². The van der Waals surface area contributed by atoms with E-state index in [4.69, 9.17) is 4.74 Å². The monoisotopic (exact) mass is 364 g/mol. The van der Waals surface area contributed by atoms with Crippen molar-refractivity contribution in [1.29, 1.82) is 0 Å². The summed E-state index contributed by atoms with van der Waals surface area (Å²) in [5.41, 5.74) is 3.00. The van der Waals surface area contributed by atoms with Crippen LogP contribution in [-0.2, 0) is 4.74 Å². The highest BCUT2D eigenvalue weighted by Crippen LogP contribution is 2.46. The molecular formula is C18H32N4O2Si. The van der Waals surface area contributed by atoms with E-state index >= 15 is 0 Å². The molecule has 7 heteroatoms. The lowest BCUT2D eigenvalue weighted by Gasteiger charge is -2.37. The molecule has 0 radical (unpaired) electrons. The lowest BCUT2D eigenvalue weighted by Crippen LogP contribution is -2.46. The number of ether oxygens (including phenoxy) is 1. The summed E-state index contributed by atoms with van der Waals surface area (Å²) < 4.78 is 5.56. The van der Waals surface area contributed by atoms with Crippen molar-refractivity contribution < 1.29 is 4.74 Å². The highest BCUT2D eigenvalue weighted by atomic mass is 28.3. The van der Waals surface area contributed by atoms with Crippen molar-refractivity contribution >= 4 is 25.1 Å². The molecule has 0 saturated carbocycles. The Morgan fingerprint density at radius 2 is 1.88 bits per heavy atom. The number of hydroxylamine groups is 2.